The second kappa shape index (κ2) is 12.1. The van der Waals surface area contributed by atoms with E-state index in [1.54, 1.807) is 6.92 Å². The summed E-state index contributed by atoms with van der Waals surface area (Å²) in [6.45, 7) is 6.71. The molecule has 0 aliphatic heterocycles. The van der Waals surface area contributed by atoms with Crippen molar-refractivity contribution in [3.63, 3.8) is 0 Å². The van der Waals surface area contributed by atoms with Gasteiger partial charge in [0.05, 0.1) is 19.3 Å². The minimum atomic E-state index is -1.15. The molecule has 19 heavy (non-hydrogen) atoms. The number of carbonyl (C=O) groups is 1. The molecular formula is C13H24O6. The number of aliphatic hydroxyl groups excluding tert-OH is 2. The molecule has 0 aromatic heterocycles. The van der Waals surface area contributed by atoms with E-state index in [1.807, 2.05) is 0 Å². The molecule has 0 aromatic rings. The maximum Gasteiger partial charge on any atom is 0.332 e. The van der Waals surface area contributed by atoms with Gasteiger partial charge < -0.3 is 24.4 Å². The largest absolute Gasteiger partial charge is 0.433 e. The molecule has 112 valence electrons. The summed E-state index contributed by atoms with van der Waals surface area (Å²) in [4.78, 5) is 10.7. The second-order valence-electron chi connectivity index (χ2n) is 4.13. The topological polar surface area (TPSA) is 85.2 Å². The summed E-state index contributed by atoms with van der Waals surface area (Å²) in [7, 11) is 0. The molecule has 6 nitrogen and oxygen atoms in total. The molecule has 2 atom stereocenters. The van der Waals surface area contributed by atoms with Crippen molar-refractivity contribution in [1.29, 1.82) is 0 Å². The standard InChI is InChI=1S/C13H24O6/c1-3-12(15)19-13(16)6-9-17-7-4-5-8-18-10-11(2)14/h3,11,13-14,16H,1,4-10H2,2H3. The molecular weight excluding hydrogens is 252 g/mol. The fourth-order valence-electron chi connectivity index (χ4n) is 1.19. The van der Waals surface area contributed by atoms with Gasteiger partial charge in [0.15, 0.2) is 0 Å². The summed E-state index contributed by atoms with van der Waals surface area (Å²) in [5.74, 6) is -0.650. The molecule has 0 amide bonds. The summed E-state index contributed by atoms with van der Waals surface area (Å²) < 4.78 is 15.0. The Kier molecular flexibility index (Phi) is 11.5. The van der Waals surface area contributed by atoms with E-state index in [0.717, 1.165) is 18.9 Å². The number of esters is 1. The zero-order valence-electron chi connectivity index (χ0n) is 11.4. The van der Waals surface area contributed by atoms with E-state index in [-0.39, 0.29) is 6.42 Å². The third-order valence-corrected chi connectivity index (χ3v) is 2.11. The number of rotatable bonds is 12. The molecule has 2 N–H and O–H groups in total. The molecule has 0 heterocycles. The fourth-order valence-corrected chi connectivity index (χ4v) is 1.19. The Labute approximate surface area is 114 Å². The molecule has 6 heteroatoms. The van der Waals surface area contributed by atoms with Gasteiger partial charge in [-0.05, 0) is 19.8 Å². The molecule has 0 radical (unpaired) electrons. The Morgan fingerprint density at radius 3 is 2.42 bits per heavy atom. The number of hydrogen-bond acceptors (Lipinski definition) is 6. The van der Waals surface area contributed by atoms with Crippen LogP contribution in [0, 0.1) is 0 Å². The molecule has 0 aliphatic rings. The molecule has 0 saturated carbocycles. The van der Waals surface area contributed by atoms with Crippen LogP contribution in [0.2, 0.25) is 0 Å². The van der Waals surface area contributed by atoms with Crippen molar-refractivity contribution < 1.29 is 29.2 Å². The average molecular weight is 276 g/mol. The van der Waals surface area contributed by atoms with Crippen LogP contribution in [0.5, 0.6) is 0 Å². The highest BCUT2D eigenvalue weighted by Gasteiger charge is 2.07. The Morgan fingerprint density at radius 1 is 1.21 bits per heavy atom. The van der Waals surface area contributed by atoms with Crippen LogP contribution in [0.15, 0.2) is 12.7 Å². The van der Waals surface area contributed by atoms with Gasteiger partial charge in [-0.2, -0.15) is 0 Å². The second-order valence-corrected chi connectivity index (χ2v) is 4.13. The minimum absolute atomic E-state index is 0.234. The van der Waals surface area contributed by atoms with Gasteiger partial charge in [0.25, 0.3) is 0 Å². The normalized spacial score (nSPS) is 13.8. The first kappa shape index (κ1) is 18.0. The fraction of sp³-hybridized carbons (Fsp3) is 0.769. The van der Waals surface area contributed by atoms with E-state index in [0.29, 0.717) is 26.4 Å². The highest BCUT2D eigenvalue weighted by atomic mass is 16.6. The van der Waals surface area contributed by atoms with Crippen molar-refractivity contribution in [2.24, 2.45) is 0 Å². The van der Waals surface area contributed by atoms with Gasteiger partial charge in [-0.25, -0.2) is 4.79 Å². The molecule has 0 aromatic carbocycles. The van der Waals surface area contributed by atoms with E-state index in [2.05, 4.69) is 11.3 Å². The third kappa shape index (κ3) is 13.3. The third-order valence-electron chi connectivity index (χ3n) is 2.11. The lowest BCUT2D eigenvalue weighted by Crippen LogP contribution is -2.18. The van der Waals surface area contributed by atoms with Gasteiger partial charge in [0.2, 0.25) is 6.29 Å². The van der Waals surface area contributed by atoms with Gasteiger partial charge in [-0.1, -0.05) is 6.58 Å². The first-order valence-corrected chi connectivity index (χ1v) is 6.41. The van der Waals surface area contributed by atoms with Crippen LogP contribution >= 0.6 is 0 Å². The van der Waals surface area contributed by atoms with Crippen molar-refractivity contribution in [2.75, 3.05) is 26.4 Å². The first-order chi connectivity index (χ1) is 9.06. The lowest BCUT2D eigenvalue weighted by atomic mass is 10.3. The summed E-state index contributed by atoms with van der Waals surface area (Å²) >= 11 is 0. The Hall–Kier alpha value is -0.950. The van der Waals surface area contributed by atoms with Crippen LogP contribution in [-0.4, -0.2) is 55.0 Å². The van der Waals surface area contributed by atoms with E-state index in [9.17, 15) is 9.90 Å². The Bertz CT molecular complexity index is 241. The van der Waals surface area contributed by atoms with Crippen LogP contribution in [0.4, 0.5) is 0 Å². The van der Waals surface area contributed by atoms with Crippen LogP contribution in [0.25, 0.3) is 0 Å². The Balaban J connectivity index is 3.22. The van der Waals surface area contributed by atoms with Gasteiger partial charge >= 0.3 is 5.97 Å². The summed E-state index contributed by atoms with van der Waals surface area (Å²) in [6.07, 6.45) is 1.33. The molecule has 0 aliphatic carbocycles. The molecule has 0 saturated heterocycles. The van der Waals surface area contributed by atoms with Gasteiger partial charge in [0.1, 0.15) is 0 Å². The van der Waals surface area contributed by atoms with E-state index >= 15 is 0 Å². The quantitative estimate of drug-likeness (QED) is 0.235. The monoisotopic (exact) mass is 276 g/mol. The number of ether oxygens (including phenoxy) is 3. The van der Waals surface area contributed by atoms with E-state index < -0.39 is 18.4 Å². The van der Waals surface area contributed by atoms with Crippen LogP contribution < -0.4 is 0 Å². The van der Waals surface area contributed by atoms with Crippen LogP contribution in [0.1, 0.15) is 26.2 Å². The molecule has 0 bridgehead atoms. The molecule has 0 fully saturated rings. The molecule has 2 unspecified atom stereocenters. The predicted octanol–water partition coefficient (Wildman–Crippen LogP) is 0.618. The minimum Gasteiger partial charge on any atom is -0.433 e. The lowest BCUT2D eigenvalue weighted by molar-refractivity contribution is -0.164. The van der Waals surface area contributed by atoms with Crippen LogP contribution in [-0.2, 0) is 19.0 Å². The summed E-state index contributed by atoms with van der Waals surface area (Å²) in [5.41, 5.74) is 0. The first-order valence-electron chi connectivity index (χ1n) is 6.41. The van der Waals surface area contributed by atoms with Crippen LogP contribution in [0.3, 0.4) is 0 Å². The number of hydrogen-bond donors (Lipinski definition) is 2. The highest BCUT2D eigenvalue weighted by molar-refractivity contribution is 5.81. The SMILES string of the molecule is C=CC(=O)OC(O)CCOCCCCOCC(C)O. The van der Waals surface area contributed by atoms with Crippen molar-refractivity contribution in [1.82, 2.24) is 0 Å². The highest BCUT2D eigenvalue weighted by Crippen LogP contribution is 1.98. The van der Waals surface area contributed by atoms with Gasteiger partial charge in [0, 0.05) is 25.7 Å². The van der Waals surface area contributed by atoms with E-state index in [1.165, 1.54) is 0 Å². The summed E-state index contributed by atoms with van der Waals surface area (Å²) in [5, 5.41) is 18.2. The van der Waals surface area contributed by atoms with Gasteiger partial charge in [-0.15, -0.1) is 0 Å². The van der Waals surface area contributed by atoms with Gasteiger partial charge in [-0.3, -0.25) is 0 Å². The predicted molar refractivity (Wildman–Crippen MR) is 69.5 cm³/mol. The number of carbonyl (C=O) groups excluding carboxylic acids is 1. The number of aliphatic hydroxyl groups is 2. The summed E-state index contributed by atoms with van der Waals surface area (Å²) in [6, 6.07) is 0. The van der Waals surface area contributed by atoms with E-state index in [4.69, 9.17) is 14.6 Å². The zero-order valence-corrected chi connectivity index (χ0v) is 11.4. The average Bonchev–Trinajstić information content (AvgIpc) is 2.36. The molecule has 0 spiro atoms. The smallest absolute Gasteiger partial charge is 0.332 e. The maximum absolute atomic E-state index is 10.7. The lowest BCUT2D eigenvalue weighted by Gasteiger charge is -2.10. The van der Waals surface area contributed by atoms with Crippen molar-refractivity contribution in [3.05, 3.63) is 12.7 Å². The van der Waals surface area contributed by atoms with Crippen molar-refractivity contribution >= 4 is 5.97 Å². The Morgan fingerprint density at radius 2 is 1.84 bits per heavy atom. The van der Waals surface area contributed by atoms with Crippen molar-refractivity contribution in [2.45, 2.75) is 38.6 Å². The molecule has 0 rings (SSSR count). The zero-order chi connectivity index (χ0) is 14.5. The number of unbranched alkanes of at least 4 members (excludes halogenated alkanes) is 1. The van der Waals surface area contributed by atoms with Crippen molar-refractivity contribution in [3.8, 4) is 0 Å². The maximum atomic E-state index is 10.7.